The highest BCUT2D eigenvalue weighted by Gasteiger charge is 2.04. The van der Waals surface area contributed by atoms with Crippen LogP contribution in [0.1, 0.15) is 19.4 Å². The Bertz CT molecular complexity index is 317. The maximum Gasteiger partial charge on any atom is 0.137 e. The summed E-state index contributed by atoms with van der Waals surface area (Å²) in [6.45, 7) is 5.28. The molecule has 0 radical (unpaired) electrons. The first-order valence-corrected chi connectivity index (χ1v) is 5.68. The first kappa shape index (κ1) is 12.6. The molecule has 15 heavy (non-hydrogen) atoms. The molecule has 2 nitrogen and oxygen atoms in total. The van der Waals surface area contributed by atoms with Crippen LogP contribution in [-0.4, -0.2) is 6.61 Å². The van der Waals surface area contributed by atoms with Gasteiger partial charge in [0, 0.05) is 6.54 Å². The number of rotatable bonds is 5. The largest absolute Gasteiger partial charge is 0.301 e. The lowest BCUT2D eigenvalue weighted by atomic mass is 10.2. The molecule has 84 valence electrons. The third-order valence-corrected chi connectivity index (χ3v) is 2.70. The minimum absolute atomic E-state index is 0.252. The third-order valence-electron chi connectivity index (χ3n) is 1.81. The molecule has 0 aliphatic heterocycles. The van der Waals surface area contributed by atoms with Gasteiger partial charge in [0.1, 0.15) is 5.82 Å². The molecule has 0 bridgehead atoms. The van der Waals surface area contributed by atoms with Gasteiger partial charge >= 0.3 is 0 Å². The highest BCUT2D eigenvalue weighted by molar-refractivity contribution is 9.10. The van der Waals surface area contributed by atoms with Gasteiger partial charge in [-0.1, -0.05) is 26.0 Å². The molecule has 0 aliphatic carbocycles. The van der Waals surface area contributed by atoms with Gasteiger partial charge in [-0.15, -0.1) is 0 Å². The monoisotopic (exact) mass is 275 g/mol. The van der Waals surface area contributed by atoms with Gasteiger partial charge in [0.25, 0.3) is 0 Å². The van der Waals surface area contributed by atoms with Crippen LogP contribution in [0.2, 0.25) is 0 Å². The fourth-order valence-corrected chi connectivity index (χ4v) is 1.44. The second-order valence-electron chi connectivity index (χ2n) is 3.74. The van der Waals surface area contributed by atoms with Crippen LogP contribution in [0, 0.1) is 11.7 Å². The van der Waals surface area contributed by atoms with Crippen LogP contribution in [0.4, 0.5) is 4.39 Å². The van der Waals surface area contributed by atoms with Gasteiger partial charge in [-0.05, 0) is 33.5 Å². The van der Waals surface area contributed by atoms with E-state index in [2.05, 4.69) is 35.3 Å². The second-order valence-corrected chi connectivity index (χ2v) is 4.53. The minimum atomic E-state index is -0.252. The normalized spacial score (nSPS) is 11.0. The van der Waals surface area contributed by atoms with E-state index in [0.29, 0.717) is 23.5 Å². The predicted octanol–water partition coefficient (Wildman–Crippen LogP) is 3.27. The van der Waals surface area contributed by atoms with E-state index in [9.17, 15) is 4.39 Å². The fraction of sp³-hybridized carbons (Fsp3) is 0.455. The van der Waals surface area contributed by atoms with Crippen LogP contribution in [-0.2, 0) is 11.4 Å². The maximum atomic E-state index is 13.1. The Morgan fingerprint density at radius 3 is 2.87 bits per heavy atom. The summed E-state index contributed by atoms with van der Waals surface area (Å²) in [5.41, 5.74) is 3.65. The highest BCUT2D eigenvalue weighted by atomic mass is 79.9. The van der Waals surface area contributed by atoms with E-state index < -0.39 is 0 Å². The van der Waals surface area contributed by atoms with Crippen molar-refractivity contribution in [2.24, 2.45) is 5.92 Å². The molecule has 0 saturated heterocycles. The van der Waals surface area contributed by atoms with Crippen molar-refractivity contribution in [3.05, 3.63) is 34.1 Å². The van der Waals surface area contributed by atoms with Crippen molar-refractivity contribution < 1.29 is 9.23 Å². The number of hydrogen-bond acceptors (Lipinski definition) is 2. The van der Waals surface area contributed by atoms with E-state index >= 15 is 0 Å². The number of hydrogen-bond donors (Lipinski definition) is 1. The molecule has 0 aliphatic rings. The molecule has 0 atom stereocenters. The first-order chi connectivity index (χ1) is 7.11. The summed E-state index contributed by atoms with van der Waals surface area (Å²) in [7, 11) is 0. The van der Waals surface area contributed by atoms with E-state index in [-0.39, 0.29) is 5.82 Å². The zero-order chi connectivity index (χ0) is 11.3. The molecular formula is C11H15BrFNO. The molecule has 0 saturated carbocycles. The van der Waals surface area contributed by atoms with Crippen molar-refractivity contribution in [1.29, 1.82) is 0 Å². The van der Waals surface area contributed by atoms with Crippen molar-refractivity contribution >= 4 is 15.9 Å². The lowest BCUT2D eigenvalue weighted by Crippen LogP contribution is -2.17. The van der Waals surface area contributed by atoms with Crippen LogP contribution in [0.15, 0.2) is 22.7 Å². The van der Waals surface area contributed by atoms with Crippen molar-refractivity contribution in [2.45, 2.75) is 20.4 Å². The standard InChI is InChI=1S/C11H15BrFNO/c1-8(2)7-15-14-6-9-4-3-5-10(13)11(9)12/h3-5,8,14H,6-7H2,1-2H3. The number of benzene rings is 1. The Morgan fingerprint density at radius 2 is 2.20 bits per heavy atom. The Balaban J connectivity index is 2.41. The van der Waals surface area contributed by atoms with E-state index in [0.717, 1.165) is 5.56 Å². The lowest BCUT2D eigenvalue weighted by molar-refractivity contribution is 0.0195. The van der Waals surface area contributed by atoms with Gasteiger partial charge in [0.15, 0.2) is 0 Å². The zero-order valence-electron chi connectivity index (χ0n) is 8.89. The van der Waals surface area contributed by atoms with E-state index in [1.807, 2.05) is 6.07 Å². The van der Waals surface area contributed by atoms with Crippen LogP contribution in [0.5, 0.6) is 0 Å². The highest BCUT2D eigenvalue weighted by Crippen LogP contribution is 2.19. The molecule has 1 aromatic carbocycles. The lowest BCUT2D eigenvalue weighted by Gasteiger charge is -2.09. The molecule has 0 heterocycles. The summed E-state index contributed by atoms with van der Waals surface area (Å²) in [5.74, 6) is 0.228. The Kier molecular flexibility index (Phi) is 5.22. The second kappa shape index (κ2) is 6.20. The summed E-state index contributed by atoms with van der Waals surface area (Å²) in [5, 5.41) is 0. The molecule has 1 N–H and O–H groups in total. The Labute approximate surface area is 97.9 Å². The van der Waals surface area contributed by atoms with E-state index in [1.54, 1.807) is 6.07 Å². The Hall–Kier alpha value is -0.450. The first-order valence-electron chi connectivity index (χ1n) is 4.88. The van der Waals surface area contributed by atoms with Crippen molar-refractivity contribution in [3.8, 4) is 0 Å². The van der Waals surface area contributed by atoms with Crippen molar-refractivity contribution in [2.75, 3.05) is 6.61 Å². The average Bonchev–Trinajstić information content (AvgIpc) is 2.18. The number of nitrogens with one attached hydrogen (secondary N) is 1. The summed E-state index contributed by atoms with van der Waals surface area (Å²) >= 11 is 3.19. The topological polar surface area (TPSA) is 21.3 Å². The molecule has 0 unspecified atom stereocenters. The summed E-state index contributed by atoms with van der Waals surface area (Å²) in [6.07, 6.45) is 0. The molecule has 0 spiro atoms. The van der Waals surface area contributed by atoms with Gasteiger partial charge in [0.2, 0.25) is 0 Å². The van der Waals surface area contributed by atoms with Gasteiger partial charge < -0.3 is 4.84 Å². The SMILES string of the molecule is CC(C)CONCc1cccc(F)c1Br. The summed E-state index contributed by atoms with van der Waals surface area (Å²) < 4.78 is 13.6. The predicted molar refractivity (Wildman–Crippen MR) is 61.7 cm³/mol. The number of hydroxylamine groups is 1. The molecule has 0 aromatic heterocycles. The minimum Gasteiger partial charge on any atom is -0.301 e. The smallest absolute Gasteiger partial charge is 0.137 e. The van der Waals surface area contributed by atoms with Crippen molar-refractivity contribution in [1.82, 2.24) is 5.48 Å². The quantitative estimate of drug-likeness (QED) is 0.658. The maximum absolute atomic E-state index is 13.1. The van der Waals surface area contributed by atoms with Crippen molar-refractivity contribution in [3.63, 3.8) is 0 Å². The Morgan fingerprint density at radius 1 is 1.47 bits per heavy atom. The van der Waals surface area contributed by atoms with Gasteiger partial charge in [0.05, 0.1) is 11.1 Å². The van der Waals surface area contributed by atoms with Crippen LogP contribution < -0.4 is 5.48 Å². The molecule has 0 fully saturated rings. The molecule has 1 aromatic rings. The third kappa shape index (κ3) is 4.28. The van der Waals surface area contributed by atoms with Gasteiger partial charge in [-0.25, -0.2) is 4.39 Å². The molecule has 4 heteroatoms. The molecular weight excluding hydrogens is 261 g/mol. The van der Waals surface area contributed by atoms with Crippen LogP contribution in [0.25, 0.3) is 0 Å². The van der Waals surface area contributed by atoms with Gasteiger partial charge in [-0.3, -0.25) is 0 Å². The molecule has 0 amide bonds. The zero-order valence-corrected chi connectivity index (χ0v) is 10.5. The molecule has 1 rings (SSSR count). The van der Waals surface area contributed by atoms with E-state index in [1.165, 1.54) is 6.07 Å². The van der Waals surface area contributed by atoms with E-state index in [4.69, 9.17) is 4.84 Å². The number of halogens is 2. The summed E-state index contributed by atoms with van der Waals surface area (Å²) in [6, 6.07) is 4.95. The van der Waals surface area contributed by atoms with Crippen LogP contribution >= 0.6 is 15.9 Å². The summed E-state index contributed by atoms with van der Waals surface area (Å²) in [4.78, 5) is 5.20. The van der Waals surface area contributed by atoms with Gasteiger partial charge in [-0.2, -0.15) is 5.48 Å². The van der Waals surface area contributed by atoms with Crippen LogP contribution in [0.3, 0.4) is 0 Å². The fourth-order valence-electron chi connectivity index (χ4n) is 1.04. The average molecular weight is 276 g/mol.